The van der Waals surface area contributed by atoms with Crippen molar-refractivity contribution in [2.75, 3.05) is 43.5 Å². The Morgan fingerprint density at radius 2 is 2.05 bits per heavy atom. The van der Waals surface area contributed by atoms with Crippen molar-refractivity contribution in [1.29, 1.82) is 0 Å². The van der Waals surface area contributed by atoms with Gasteiger partial charge in [-0.1, -0.05) is 18.0 Å². The van der Waals surface area contributed by atoms with E-state index in [2.05, 4.69) is 25.5 Å². The number of rotatable bonds is 8. The van der Waals surface area contributed by atoms with E-state index < -0.39 is 17.6 Å². The topological polar surface area (TPSA) is 88.6 Å². The summed E-state index contributed by atoms with van der Waals surface area (Å²) in [6.07, 6.45) is 6.50. The van der Waals surface area contributed by atoms with Crippen LogP contribution in [0.15, 0.2) is 48.6 Å². The molecule has 1 amide bonds. The number of piperidine rings is 1. The van der Waals surface area contributed by atoms with Crippen molar-refractivity contribution in [2.45, 2.75) is 31.8 Å². The molecule has 1 atom stereocenters. The smallest absolute Gasteiger partial charge is 0.284 e. The Morgan fingerprint density at radius 3 is 2.82 bits per heavy atom. The second kappa shape index (κ2) is 12.0. The van der Waals surface area contributed by atoms with E-state index in [4.69, 9.17) is 21.1 Å². The number of hydrogen-bond donors (Lipinski definition) is 2. The van der Waals surface area contributed by atoms with Crippen LogP contribution >= 0.6 is 11.6 Å². The van der Waals surface area contributed by atoms with E-state index in [0.29, 0.717) is 54.3 Å². The first-order chi connectivity index (χ1) is 18.5. The standard InChI is InChI=1S/C27H28ClF2N5O3/c28-20-12-17(4-5-21(20)29)33-26-19-13-24(34-27(36)22(30)6-10-35-8-2-1-3-9-35)25(14-23(19)31-16-32-26)38-18-7-11-37-15-18/h4-6,12-14,16,18H,1-3,7-11,15H2,(H,34,36)(H,31,32,33)/b22-6-/t18-/m0/s1. The number of nitrogens with zero attached hydrogens (tertiary/aromatic N) is 3. The average Bonchev–Trinajstić information content (AvgIpc) is 3.44. The zero-order valence-electron chi connectivity index (χ0n) is 20.7. The fraction of sp³-hybridized carbons (Fsp3) is 0.370. The summed E-state index contributed by atoms with van der Waals surface area (Å²) in [7, 11) is 0. The van der Waals surface area contributed by atoms with E-state index in [1.807, 2.05) is 0 Å². The highest BCUT2D eigenvalue weighted by molar-refractivity contribution is 6.31. The molecular formula is C27H28ClF2N5O3. The van der Waals surface area contributed by atoms with Crippen LogP contribution in [0, 0.1) is 5.82 Å². The van der Waals surface area contributed by atoms with E-state index >= 15 is 0 Å². The van der Waals surface area contributed by atoms with E-state index in [-0.39, 0.29) is 16.8 Å². The van der Waals surface area contributed by atoms with Crippen LogP contribution in [0.1, 0.15) is 25.7 Å². The predicted molar refractivity (Wildman–Crippen MR) is 142 cm³/mol. The fourth-order valence-corrected chi connectivity index (χ4v) is 4.68. The normalized spacial score (nSPS) is 18.5. The lowest BCUT2D eigenvalue weighted by Gasteiger charge is -2.24. The van der Waals surface area contributed by atoms with Crippen LogP contribution in [0.5, 0.6) is 5.75 Å². The minimum atomic E-state index is -0.870. The van der Waals surface area contributed by atoms with Gasteiger partial charge in [0.1, 0.15) is 29.8 Å². The zero-order chi connectivity index (χ0) is 26.5. The van der Waals surface area contributed by atoms with Crippen molar-refractivity contribution >= 4 is 45.6 Å². The molecule has 3 aromatic rings. The van der Waals surface area contributed by atoms with Crippen molar-refractivity contribution < 1.29 is 23.0 Å². The van der Waals surface area contributed by atoms with E-state index in [1.165, 1.54) is 37.0 Å². The summed E-state index contributed by atoms with van der Waals surface area (Å²) in [6.45, 7) is 3.16. The molecule has 3 heterocycles. The first-order valence-electron chi connectivity index (χ1n) is 12.6. The monoisotopic (exact) mass is 543 g/mol. The SMILES string of the molecule is O=C(Nc1cc2c(Nc3ccc(F)c(Cl)c3)ncnc2cc1O[C@H]1CCOC1)/C(F)=C/CN1CCCCC1. The maximum Gasteiger partial charge on any atom is 0.284 e. The summed E-state index contributed by atoms with van der Waals surface area (Å²) in [4.78, 5) is 23.6. The lowest BCUT2D eigenvalue weighted by atomic mass is 10.1. The zero-order valence-corrected chi connectivity index (χ0v) is 21.4. The number of nitrogens with one attached hydrogen (secondary N) is 2. The van der Waals surface area contributed by atoms with Crippen molar-refractivity contribution in [3.63, 3.8) is 0 Å². The van der Waals surface area contributed by atoms with Crippen LogP contribution in [0.4, 0.5) is 26.0 Å². The number of fused-ring (bicyclic) bond motifs is 1. The van der Waals surface area contributed by atoms with Gasteiger partial charge >= 0.3 is 0 Å². The molecule has 2 fully saturated rings. The largest absolute Gasteiger partial charge is 0.486 e. The molecule has 0 aliphatic carbocycles. The number of ether oxygens (including phenoxy) is 2. The molecule has 8 nitrogen and oxygen atoms in total. The lowest BCUT2D eigenvalue weighted by molar-refractivity contribution is -0.114. The molecule has 11 heteroatoms. The van der Waals surface area contributed by atoms with Crippen molar-refractivity contribution in [3.8, 4) is 5.75 Å². The molecule has 0 saturated carbocycles. The Hall–Kier alpha value is -3.34. The Bertz CT molecular complexity index is 1340. The molecule has 38 heavy (non-hydrogen) atoms. The summed E-state index contributed by atoms with van der Waals surface area (Å²) in [5, 5.41) is 6.25. The quantitative estimate of drug-likeness (QED) is 0.357. The van der Waals surface area contributed by atoms with Crippen molar-refractivity contribution in [1.82, 2.24) is 14.9 Å². The van der Waals surface area contributed by atoms with E-state index in [1.54, 1.807) is 12.1 Å². The number of benzene rings is 2. The molecule has 2 aromatic carbocycles. The number of anilines is 3. The molecule has 2 aliphatic rings. The third-order valence-electron chi connectivity index (χ3n) is 6.54. The number of likely N-dealkylation sites (tertiary alicyclic amines) is 1. The molecular weight excluding hydrogens is 516 g/mol. The lowest BCUT2D eigenvalue weighted by Crippen LogP contribution is -2.30. The van der Waals surface area contributed by atoms with Crippen LogP contribution in [-0.2, 0) is 9.53 Å². The molecule has 2 N–H and O–H groups in total. The minimum Gasteiger partial charge on any atom is -0.486 e. The third-order valence-corrected chi connectivity index (χ3v) is 6.83. The van der Waals surface area contributed by atoms with Crippen molar-refractivity contribution in [3.05, 3.63) is 59.4 Å². The van der Waals surface area contributed by atoms with Crippen molar-refractivity contribution in [2.24, 2.45) is 0 Å². The molecule has 0 spiro atoms. The van der Waals surface area contributed by atoms with Crippen LogP contribution in [-0.4, -0.2) is 59.7 Å². The molecule has 2 saturated heterocycles. The van der Waals surface area contributed by atoms with Gasteiger partial charge in [-0.2, -0.15) is 0 Å². The number of halogens is 3. The molecule has 5 rings (SSSR count). The van der Waals surface area contributed by atoms with Gasteiger partial charge in [-0.25, -0.2) is 18.7 Å². The van der Waals surface area contributed by atoms with Crippen LogP contribution in [0.25, 0.3) is 10.9 Å². The van der Waals surface area contributed by atoms with E-state index in [9.17, 15) is 13.6 Å². The maximum absolute atomic E-state index is 14.8. The van der Waals surface area contributed by atoms with E-state index in [0.717, 1.165) is 25.9 Å². The highest BCUT2D eigenvalue weighted by Gasteiger charge is 2.22. The summed E-state index contributed by atoms with van der Waals surface area (Å²) in [5.41, 5.74) is 1.31. The van der Waals surface area contributed by atoms with Crippen LogP contribution in [0.3, 0.4) is 0 Å². The van der Waals surface area contributed by atoms with Gasteiger partial charge in [0.15, 0.2) is 5.83 Å². The maximum atomic E-state index is 14.8. The molecule has 0 bridgehead atoms. The summed E-state index contributed by atoms with van der Waals surface area (Å²) >= 11 is 5.92. The first kappa shape index (κ1) is 26.3. The second-order valence-electron chi connectivity index (χ2n) is 9.31. The minimum absolute atomic E-state index is 0.0393. The number of carbonyl (C=O) groups excluding carboxylic acids is 1. The Morgan fingerprint density at radius 1 is 1.21 bits per heavy atom. The predicted octanol–water partition coefficient (Wildman–Crippen LogP) is 5.61. The summed E-state index contributed by atoms with van der Waals surface area (Å²) in [5.74, 6) is -1.53. The van der Waals surface area contributed by atoms with Gasteiger partial charge in [-0.15, -0.1) is 0 Å². The number of amides is 1. The summed E-state index contributed by atoms with van der Waals surface area (Å²) < 4.78 is 39.9. The summed E-state index contributed by atoms with van der Waals surface area (Å²) in [6, 6.07) is 7.51. The Labute approximate surface area is 224 Å². The molecule has 0 unspecified atom stereocenters. The third kappa shape index (κ3) is 6.38. The fourth-order valence-electron chi connectivity index (χ4n) is 4.50. The van der Waals surface area contributed by atoms with Gasteiger partial charge in [0.25, 0.3) is 5.91 Å². The Kier molecular flexibility index (Phi) is 8.31. The highest BCUT2D eigenvalue weighted by Crippen LogP contribution is 2.35. The van der Waals surface area contributed by atoms with Gasteiger partial charge in [-0.05, 0) is 56.3 Å². The van der Waals surface area contributed by atoms with Gasteiger partial charge in [-0.3, -0.25) is 9.69 Å². The van der Waals surface area contributed by atoms with Gasteiger partial charge in [0.05, 0.1) is 29.4 Å². The Balaban J connectivity index is 1.43. The highest BCUT2D eigenvalue weighted by atomic mass is 35.5. The van der Waals surface area contributed by atoms with Crippen LogP contribution in [0.2, 0.25) is 5.02 Å². The second-order valence-corrected chi connectivity index (χ2v) is 9.72. The molecule has 200 valence electrons. The van der Waals surface area contributed by atoms with Gasteiger partial charge in [0, 0.05) is 30.1 Å². The molecule has 1 aromatic heterocycles. The number of aromatic nitrogens is 2. The van der Waals surface area contributed by atoms with Gasteiger partial charge < -0.3 is 20.1 Å². The average molecular weight is 544 g/mol. The van der Waals surface area contributed by atoms with Gasteiger partial charge in [0.2, 0.25) is 0 Å². The number of hydrogen-bond acceptors (Lipinski definition) is 7. The molecule has 2 aliphatic heterocycles. The molecule has 0 radical (unpaired) electrons. The first-order valence-corrected chi connectivity index (χ1v) is 13.0. The number of carbonyl (C=O) groups is 1. The van der Waals surface area contributed by atoms with Crippen LogP contribution < -0.4 is 15.4 Å².